The van der Waals surface area contributed by atoms with Gasteiger partial charge in [0, 0.05) is 0 Å². The molecule has 1 atom stereocenters. The highest BCUT2D eigenvalue weighted by atomic mass is 16.5. The van der Waals surface area contributed by atoms with Crippen molar-refractivity contribution in [3.63, 3.8) is 0 Å². The van der Waals surface area contributed by atoms with Gasteiger partial charge < -0.3 is 4.74 Å². The number of hydrogen-bond donors (Lipinski definition) is 0. The van der Waals surface area contributed by atoms with Crippen LogP contribution in [0.1, 0.15) is 37.8 Å². The molecule has 1 aromatic carbocycles. The first-order valence-corrected chi connectivity index (χ1v) is 6.08. The molecule has 0 aliphatic carbocycles. The summed E-state index contributed by atoms with van der Waals surface area (Å²) in [6, 6.07) is 9.13. The minimum Gasteiger partial charge on any atom is -0.458 e. The molecule has 17 heavy (non-hydrogen) atoms. The highest BCUT2D eigenvalue weighted by Crippen LogP contribution is 2.23. The van der Waals surface area contributed by atoms with Crippen LogP contribution in [0.15, 0.2) is 35.3 Å². The number of carbonyl (C=O) groups excluding carboxylic acids is 1. The molecule has 0 saturated carbocycles. The number of cyclic esters (lactones) is 1. The number of carbonyl (C=O) groups is 1. The van der Waals surface area contributed by atoms with Gasteiger partial charge in [0.25, 0.3) is 0 Å². The third-order valence-electron chi connectivity index (χ3n) is 2.85. The molecule has 3 nitrogen and oxygen atoms in total. The van der Waals surface area contributed by atoms with Gasteiger partial charge in [-0.1, -0.05) is 43.7 Å². The first kappa shape index (κ1) is 11.8. The summed E-state index contributed by atoms with van der Waals surface area (Å²) in [4.78, 5) is 16.2. The number of aliphatic imine (C=N–C) groups is 1. The van der Waals surface area contributed by atoms with E-state index in [9.17, 15) is 4.79 Å². The summed E-state index contributed by atoms with van der Waals surface area (Å²) in [6.07, 6.45) is 3.15. The second kappa shape index (κ2) is 5.62. The average molecular weight is 231 g/mol. The fourth-order valence-corrected chi connectivity index (χ4v) is 1.87. The highest BCUT2D eigenvalue weighted by molar-refractivity contribution is 5.93. The molecule has 0 unspecified atom stereocenters. The van der Waals surface area contributed by atoms with E-state index < -0.39 is 6.04 Å². The molecule has 0 bridgehead atoms. The zero-order valence-electron chi connectivity index (χ0n) is 10.1. The van der Waals surface area contributed by atoms with Crippen molar-refractivity contribution in [3.05, 3.63) is 35.9 Å². The summed E-state index contributed by atoms with van der Waals surface area (Å²) in [5.41, 5.74) is 1.91. The Morgan fingerprint density at radius 3 is 2.82 bits per heavy atom. The summed E-state index contributed by atoms with van der Waals surface area (Å²) in [7, 11) is 0. The topological polar surface area (TPSA) is 38.7 Å². The SMILES string of the molecule is CCCCC1=N[C@H](c2ccccc2)C(=O)OC1. The number of nitrogens with zero attached hydrogens (tertiary/aromatic N) is 1. The van der Waals surface area contributed by atoms with Crippen molar-refractivity contribution in [2.75, 3.05) is 6.61 Å². The first-order valence-electron chi connectivity index (χ1n) is 6.08. The molecule has 0 radical (unpaired) electrons. The number of rotatable bonds is 4. The summed E-state index contributed by atoms with van der Waals surface area (Å²) in [6.45, 7) is 2.51. The van der Waals surface area contributed by atoms with Crippen molar-refractivity contribution in [3.8, 4) is 0 Å². The first-order chi connectivity index (χ1) is 8.31. The quantitative estimate of drug-likeness (QED) is 0.747. The maximum Gasteiger partial charge on any atom is 0.335 e. The van der Waals surface area contributed by atoms with Crippen LogP contribution in [0.2, 0.25) is 0 Å². The zero-order valence-corrected chi connectivity index (χ0v) is 10.1. The molecule has 2 rings (SSSR count). The number of ether oxygens (including phenoxy) is 1. The lowest BCUT2D eigenvalue weighted by Gasteiger charge is -2.20. The molecular weight excluding hydrogens is 214 g/mol. The predicted molar refractivity (Wildman–Crippen MR) is 67.1 cm³/mol. The van der Waals surface area contributed by atoms with E-state index in [2.05, 4.69) is 11.9 Å². The predicted octanol–water partition coefficient (Wildman–Crippen LogP) is 2.92. The van der Waals surface area contributed by atoms with Gasteiger partial charge >= 0.3 is 5.97 Å². The molecule has 1 heterocycles. The van der Waals surface area contributed by atoms with Crippen LogP contribution in [0.3, 0.4) is 0 Å². The van der Waals surface area contributed by atoms with Crippen molar-refractivity contribution in [2.24, 2.45) is 4.99 Å². The Balaban J connectivity index is 2.17. The van der Waals surface area contributed by atoms with E-state index in [1.165, 1.54) is 0 Å². The van der Waals surface area contributed by atoms with Crippen molar-refractivity contribution < 1.29 is 9.53 Å². The van der Waals surface area contributed by atoms with Crippen LogP contribution in [0.25, 0.3) is 0 Å². The molecule has 0 fully saturated rings. The third kappa shape index (κ3) is 2.93. The van der Waals surface area contributed by atoms with Gasteiger partial charge in [-0.05, 0) is 18.4 Å². The van der Waals surface area contributed by atoms with Gasteiger partial charge in [0.15, 0.2) is 6.04 Å². The fourth-order valence-electron chi connectivity index (χ4n) is 1.87. The van der Waals surface area contributed by atoms with Crippen molar-refractivity contribution in [1.29, 1.82) is 0 Å². The molecule has 0 spiro atoms. The third-order valence-corrected chi connectivity index (χ3v) is 2.85. The van der Waals surface area contributed by atoms with Gasteiger partial charge in [-0.15, -0.1) is 0 Å². The molecule has 1 aliphatic heterocycles. The standard InChI is InChI=1S/C14H17NO2/c1-2-3-9-12-10-17-14(16)13(15-12)11-7-5-4-6-8-11/h4-8,13H,2-3,9-10H2,1H3/t13-/m1/s1. The lowest BCUT2D eigenvalue weighted by Crippen LogP contribution is -2.26. The Kier molecular flexibility index (Phi) is 3.91. The van der Waals surface area contributed by atoms with Crippen LogP contribution in [0.4, 0.5) is 0 Å². The van der Waals surface area contributed by atoms with Gasteiger partial charge in [-0.2, -0.15) is 0 Å². The Morgan fingerprint density at radius 1 is 1.35 bits per heavy atom. The van der Waals surface area contributed by atoms with Gasteiger partial charge in [-0.3, -0.25) is 4.99 Å². The van der Waals surface area contributed by atoms with E-state index >= 15 is 0 Å². The molecule has 0 aromatic heterocycles. The minimum absolute atomic E-state index is 0.239. The molecule has 0 amide bonds. The van der Waals surface area contributed by atoms with Crippen molar-refractivity contribution in [2.45, 2.75) is 32.2 Å². The second-order valence-corrected chi connectivity index (χ2v) is 4.22. The molecule has 1 aliphatic rings. The van der Waals surface area contributed by atoms with E-state index in [-0.39, 0.29) is 5.97 Å². The summed E-state index contributed by atoms with van der Waals surface area (Å²) in [5, 5.41) is 0. The molecule has 90 valence electrons. The number of esters is 1. The molecule has 1 aromatic rings. The average Bonchev–Trinajstić information content (AvgIpc) is 2.39. The van der Waals surface area contributed by atoms with E-state index in [4.69, 9.17) is 4.74 Å². The van der Waals surface area contributed by atoms with E-state index in [0.717, 1.165) is 30.5 Å². The number of hydrogen-bond acceptors (Lipinski definition) is 3. The van der Waals surface area contributed by atoms with Crippen LogP contribution < -0.4 is 0 Å². The Morgan fingerprint density at radius 2 is 2.12 bits per heavy atom. The monoisotopic (exact) mass is 231 g/mol. The van der Waals surface area contributed by atoms with Gasteiger partial charge in [0.2, 0.25) is 0 Å². The van der Waals surface area contributed by atoms with E-state index in [0.29, 0.717) is 6.61 Å². The van der Waals surface area contributed by atoms with Crippen LogP contribution in [-0.4, -0.2) is 18.3 Å². The minimum atomic E-state index is -0.461. The van der Waals surface area contributed by atoms with Gasteiger partial charge in [0.1, 0.15) is 6.61 Å². The van der Waals surface area contributed by atoms with Gasteiger partial charge in [-0.25, -0.2) is 4.79 Å². The van der Waals surface area contributed by atoms with E-state index in [1.54, 1.807) is 0 Å². The maximum absolute atomic E-state index is 11.7. The Labute approximate surface area is 102 Å². The summed E-state index contributed by atoms with van der Waals surface area (Å²) in [5.74, 6) is -0.239. The summed E-state index contributed by atoms with van der Waals surface area (Å²) >= 11 is 0. The smallest absolute Gasteiger partial charge is 0.335 e. The zero-order chi connectivity index (χ0) is 12.1. The Hall–Kier alpha value is -1.64. The molecule has 0 N–H and O–H groups in total. The number of unbranched alkanes of at least 4 members (excludes halogenated alkanes) is 1. The van der Waals surface area contributed by atoms with E-state index in [1.807, 2.05) is 30.3 Å². The lowest BCUT2D eigenvalue weighted by molar-refractivity contribution is -0.144. The van der Waals surface area contributed by atoms with Crippen LogP contribution >= 0.6 is 0 Å². The normalized spacial score (nSPS) is 19.7. The van der Waals surface area contributed by atoms with Crippen molar-refractivity contribution >= 4 is 11.7 Å². The van der Waals surface area contributed by atoms with Crippen LogP contribution in [0.5, 0.6) is 0 Å². The van der Waals surface area contributed by atoms with Crippen LogP contribution in [0, 0.1) is 0 Å². The second-order valence-electron chi connectivity index (χ2n) is 4.22. The molecule has 0 saturated heterocycles. The molecular formula is C14H17NO2. The largest absolute Gasteiger partial charge is 0.458 e. The Bertz CT molecular complexity index is 411. The van der Waals surface area contributed by atoms with Gasteiger partial charge in [0.05, 0.1) is 5.71 Å². The van der Waals surface area contributed by atoms with Crippen molar-refractivity contribution in [1.82, 2.24) is 0 Å². The fraction of sp³-hybridized carbons (Fsp3) is 0.429. The molecule has 3 heteroatoms. The maximum atomic E-state index is 11.7. The lowest BCUT2D eigenvalue weighted by atomic mass is 10.1. The number of benzene rings is 1. The van der Waals surface area contributed by atoms with Crippen LogP contribution in [-0.2, 0) is 9.53 Å². The summed E-state index contributed by atoms with van der Waals surface area (Å²) < 4.78 is 5.18. The highest BCUT2D eigenvalue weighted by Gasteiger charge is 2.26.